The van der Waals surface area contributed by atoms with Gasteiger partial charge in [-0.3, -0.25) is 9.59 Å². The second kappa shape index (κ2) is 11.8. The first-order chi connectivity index (χ1) is 18.9. The fourth-order valence-electron chi connectivity index (χ4n) is 5.42. The lowest BCUT2D eigenvalue weighted by atomic mass is 9.95. The number of nitrogens with one attached hydrogen (secondary N) is 1. The number of methoxy groups -OCH3 is 1. The average molecular weight is 551 g/mol. The van der Waals surface area contributed by atoms with Crippen LogP contribution in [0, 0.1) is 13.8 Å². The fraction of sp³-hybridized carbons (Fsp3) is 0.433. The highest BCUT2D eigenvalue weighted by Crippen LogP contribution is 2.39. The zero-order valence-electron chi connectivity index (χ0n) is 22.6. The molecule has 2 aliphatic rings. The highest BCUT2D eigenvalue weighted by molar-refractivity contribution is 7.17. The van der Waals surface area contributed by atoms with Gasteiger partial charge in [0, 0.05) is 40.5 Å². The van der Waals surface area contributed by atoms with Crippen LogP contribution in [0.5, 0.6) is 5.75 Å². The van der Waals surface area contributed by atoms with Crippen LogP contribution in [0.15, 0.2) is 30.3 Å². The van der Waals surface area contributed by atoms with E-state index in [-0.39, 0.29) is 24.4 Å². The number of ether oxygens (including phenoxy) is 3. The van der Waals surface area contributed by atoms with Crippen molar-refractivity contribution in [2.24, 2.45) is 0 Å². The van der Waals surface area contributed by atoms with Crippen molar-refractivity contribution in [1.82, 2.24) is 4.57 Å². The molecular weight excluding hydrogens is 516 g/mol. The van der Waals surface area contributed by atoms with Gasteiger partial charge in [-0.1, -0.05) is 0 Å². The zero-order chi connectivity index (χ0) is 27.5. The van der Waals surface area contributed by atoms with E-state index < -0.39 is 5.97 Å². The van der Waals surface area contributed by atoms with Gasteiger partial charge in [0.1, 0.15) is 10.8 Å². The van der Waals surface area contributed by atoms with Crippen molar-refractivity contribution >= 4 is 34.0 Å². The number of hydrogen-bond acceptors (Lipinski definition) is 7. The van der Waals surface area contributed by atoms with E-state index in [0.717, 1.165) is 67.0 Å². The van der Waals surface area contributed by atoms with Gasteiger partial charge in [-0.25, -0.2) is 4.79 Å². The van der Waals surface area contributed by atoms with Crippen LogP contribution in [0.4, 0.5) is 5.00 Å². The molecule has 8 nitrogen and oxygen atoms in total. The van der Waals surface area contributed by atoms with Crippen LogP contribution < -0.4 is 10.1 Å². The van der Waals surface area contributed by atoms with Gasteiger partial charge >= 0.3 is 5.97 Å². The first-order valence-electron chi connectivity index (χ1n) is 13.4. The molecule has 1 unspecified atom stereocenters. The number of Topliss-reactive ketones (excluding diaryl/α,β-unsaturated/α-hetero) is 1. The molecular formula is C30H34N2O6S. The van der Waals surface area contributed by atoms with E-state index in [1.54, 1.807) is 31.4 Å². The Morgan fingerprint density at radius 2 is 1.87 bits per heavy atom. The molecule has 1 N–H and O–H groups in total. The molecule has 0 bridgehead atoms. The Bertz CT molecular complexity index is 1380. The molecule has 206 valence electrons. The van der Waals surface area contributed by atoms with Crippen molar-refractivity contribution in [3.05, 3.63) is 68.9 Å². The molecule has 1 fully saturated rings. The number of fused-ring (bicyclic) bond motifs is 1. The molecule has 2 aromatic heterocycles. The van der Waals surface area contributed by atoms with Crippen molar-refractivity contribution in [2.75, 3.05) is 25.6 Å². The molecule has 9 heteroatoms. The van der Waals surface area contributed by atoms with Gasteiger partial charge in [0.15, 0.2) is 6.61 Å². The number of ketones is 1. The second-order valence-electron chi connectivity index (χ2n) is 10.1. The summed E-state index contributed by atoms with van der Waals surface area (Å²) in [7, 11) is 1.57. The van der Waals surface area contributed by atoms with Crippen LogP contribution in [-0.4, -0.2) is 48.7 Å². The van der Waals surface area contributed by atoms with E-state index in [4.69, 9.17) is 14.2 Å². The first-order valence-corrected chi connectivity index (χ1v) is 14.3. The maximum absolute atomic E-state index is 13.4. The average Bonchev–Trinajstić information content (AvgIpc) is 3.66. The monoisotopic (exact) mass is 550 g/mol. The molecule has 0 radical (unpaired) electrons. The van der Waals surface area contributed by atoms with Crippen LogP contribution in [0.1, 0.15) is 78.6 Å². The van der Waals surface area contributed by atoms with Gasteiger partial charge < -0.3 is 24.1 Å². The Balaban J connectivity index is 1.31. The number of hydrogen-bond donors (Lipinski definition) is 1. The molecule has 0 spiro atoms. The summed E-state index contributed by atoms with van der Waals surface area (Å²) < 4.78 is 18.6. The highest BCUT2D eigenvalue weighted by atomic mass is 32.1. The quantitative estimate of drug-likeness (QED) is 0.278. The van der Waals surface area contributed by atoms with Crippen LogP contribution in [-0.2, 0) is 28.9 Å². The Hall–Kier alpha value is -3.43. The van der Waals surface area contributed by atoms with E-state index in [0.29, 0.717) is 34.0 Å². The molecule has 3 aromatic rings. The predicted octanol–water partition coefficient (Wildman–Crippen LogP) is 5.52. The molecule has 39 heavy (non-hydrogen) atoms. The van der Waals surface area contributed by atoms with Crippen molar-refractivity contribution in [3.8, 4) is 5.75 Å². The Morgan fingerprint density at radius 1 is 1.10 bits per heavy atom. The lowest BCUT2D eigenvalue weighted by molar-refractivity contribution is 0.0474. The largest absolute Gasteiger partial charge is 0.497 e. The van der Waals surface area contributed by atoms with E-state index in [9.17, 15) is 14.4 Å². The summed E-state index contributed by atoms with van der Waals surface area (Å²) in [4.78, 5) is 40.6. The lowest BCUT2D eigenvalue weighted by Crippen LogP contribution is -2.19. The number of rotatable bonds is 9. The van der Waals surface area contributed by atoms with Gasteiger partial charge in [0.25, 0.3) is 5.91 Å². The maximum atomic E-state index is 13.4. The van der Waals surface area contributed by atoms with Crippen LogP contribution >= 0.6 is 11.3 Å². The third-order valence-electron chi connectivity index (χ3n) is 7.57. The number of benzene rings is 1. The van der Waals surface area contributed by atoms with Gasteiger partial charge in [0.2, 0.25) is 5.78 Å². The standard InChI is InChI=1S/C30H34N2O6S/c1-18-15-24(19(2)32(18)16-22-7-6-14-37-22)25(33)17-38-30(35)27-23-8-4-5-9-26(23)39-29(27)31-28(34)20-10-12-21(36-3)13-11-20/h10-13,15,22H,4-9,14,16-17H2,1-3H3,(H,31,34). The molecule has 1 saturated heterocycles. The minimum absolute atomic E-state index is 0.159. The van der Waals surface area contributed by atoms with Gasteiger partial charge in [-0.05, 0) is 88.3 Å². The number of nitrogens with zero attached hydrogens (tertiary/aromatic N) is 1. The number of carbonyl (C=O) groups is 3. The van der Waals surface area contributed by atoms with Crippen molar-refractivity contribution in [2.45, 2.75) is 65.0 Å². The normalized spacial score (nSPS) is 16.5. The molecule has 5 rings (SSSR count). The van der Waals surface area contributed by atoms with Crippen molar-refractivity contribution in [1.29, 1.82) is 0 Å². The third kappa shape index (κ3) is 5.79. The minimum atomic E-state index is -0.582. The zero-order valence-corrected chi connectivity index (χ0v) is 23.4. The smallest absolute Gasteiger partial charge is 0.341 e. The highest BCUT2D eigenvalue weighted by Gasteiger charge is 2.29. The molecule has 3 heterocycles. The van der Waals surface area contributed by atoms with Gasteiger partial charge in [-0.15, -0.1) is 11.3 Å². The lowest BCUT2D eigenvalue weighted by Gasteiger charge is -2.15. The third-order valence-corrected chi connectivity index (χ3v) is 8.78. The van der Waals surface area contributed by atoms with Crippen LogP contribution in [0.25, 0.3) is 0 Å². The number of amides is 1. The number of anilines is 1. The number of aryl methyl sites for hydroxylation is 2. The van der Waals surface area contributed by atoms with Gasteiger partial charge in [0.05, 0.1) is 18.8 Å². The van der Waals surface area contributed by atoms with Crippen LogP contribution in [0.3, 0.4) is 0 Å². The Morgan fingerprint density at radius 3 is 2.59 bits per heavy atom. The number of esters is 1. The number of carbonyl (C=O) groups excluding carboxylic acids is 3. The molecule has 1 aliphatic heterocycles. The predicted molar refractivity (Wildman–Crippen MR) is 149 cm³/mol. The summed E-state index contributed by atoms with van der Waals surface area (Å²) in [6, 6.07) is 8.63. The molecule has 1 atom stereocenters. The SMILES string of the molecule is COc1ccc(C(=O)Nc2sc3c(c2C(=O)OCC(=O)c2cc(C)n(CC4CCCO4)c2C)CCCC3)cc1. The summed E-state index contributed by atoms with van der Waals surface area (Å²) in [5.74, 6) is -0.497. The van der Waals surface area contributed by atoms with Gasteiger partial charge in [-0.2, -0.15) is 0 Å². The first kappa shape index (κ1) is 27.1. The van der Waals surface area contributed by atoms with E-state index in [1.807, 2.05) is 19.9 Å². The summed E-state index contributed by atoms with van der Waals surface area (Å²) in [6.07, 6.45) is 5.83. The Labute approximate surface area is 232 Å². The Kier molecular flexibility index (Phi) is 8.18. The van der Waals surface area contributed by atoms with Crippen molar-refractivity contribution in [3.63, 3.8) is 0 Å². The number of thiophene rings is 1. The minimum Gasteiger partial charge on any atom is -0.497 e. The summed E-state index contributed by atoms with van der Waals surface area (Å²) in [6.45, 7) is 5.02. The summed E-state index contributed by atoms with van der Waals surface area (Å²) in [5.41, 5.74) is 4.13. The molecule has 1 aliphatic carbocycles. The van der Waals surface area contributed by atoms with Crippen LogP contribution in [0.2, 0.25) is 0 Å². The second-order valence-corrected chi connectivity index (χ2v) is 11.2. The fourth-order valence-corrected chi connectivity index (χ4v) is 6.70. The summed E-state index contributed by atoms with van der Waals surface area (Å²) >= 11 is 1.42. The molecule has 1 amide bonds. The number of aromatic nitrogens is 1. The molecule has 0 saturated carbocycles. The van der Waals surface area contributed by atoms with E-state index in [1.165, 1.54) is 11.3 Å². The van der Waals surface area contributed by atoms with E-state index in [2.05, 4.69) is 9.88 Å². The topological polar surface area (TPSA) is 95.9 Å². The maximum Gasteiger partial charge on any atom is 0.341 e. The molecule has 1 aromatic carbocycles. The van der Waals surface area contributed by atoms with Crippen molar-refractivity contribution < 1.29 is 28.6 Å². The summed E-state index contributed by atoms with van der Waals surface area (Å²) in [5, 5.41) is 3.38. The van der Waals surface area contributed by atoms with E-state index >= 15 is 0 Å².